The number of hydrogen-bond acceptors (Lipinski definition) is 6. The lowest BCUT2D eigenvalue weighted by Crippen LogP contribution is -1.95. The van der Waals surface area contributed by atoms with E-state index in [1.807, 2.05) is 0 Å². The van der Waals surface area contributed by atoms with E-state index < -0.39 is 12.7 Å². The predicted octanol–water partition coefficient (Wildman–Crippen LogP) is 2.98. The van der Waals surface area contributed by atoms with Gasteiger partial charge in [-0.3, -0.25) is 19.2 Å². The van der Waals surface area contributed by atoms with Crippen molar-refractivity contribution in [3.63, 3.8) is 0 Å². The van der Waals surface area contributed by atoms with Crippen LogP contribution in [0, 0.1) is 10.1 Å². The molecule has 98 valence electrons. The van der Waals surface area contributed by atoms with Crippen LogP contribution in [0.15, 0.2) is 30.8 Å². The minimum absolute atomic E-state index is 0.0388. The van der Waals surface area contributed by atoms with Gasteiger partial charge in [0, 0.05) is 31.9 Å². The van der Waals surface area contributed by atoms with Crippen molar-refractivity contribution in [2.45, 2.75) is 0 Å². The maximum atomic E-state index is 11.7. The Kier molecular flexibility index (Phi) is 4.61. The number of nitro groups is 1. The highest BCUT2D eigenvalue weighted by atomic mass is 31.2. The Balaban J connectivity index is 2.85. The third-order valence-corrected chi connectivity index (χ3v) is 3.41. The minimum atomic E-state index is -3.67. The molecule has 0 N–H and O–H groups in total. The van der Waals surface area contributed by atoms with E-state index in [9.17, 15) is 14.7 Å². The second-order valence-corrected chi connectivity index (χ2v) is 4.94. The highest BCUT2D eigenvalue weighted by Crippen LogP contribution is 2.50. The lowest BCUT2D eigenvalue weighted by Gasteiger charge is -2.15. The van der Waals surface area contributed by atoms with Gasteiger partial charge in [-0.25, -0.2) is 4.57 Å². The first kappa shape index (κ1) is 14.4. The van der Waals surface area contributed by atoms with Gasteiger partial charge in [0.2, 0.25) is 0 Å². The molecule has 18 heavy (non-hydrogen) atoms. The van der Waals surface area contributed by atoms with E-state index in [2.05, 4.69) is 15.6 Å². The Hall–Kier alpha value is -1.69. The molecule has 0 amide bonds. The van der Waals surface area contributed by atoms with Gasteiger partial charge in [-0.15, -0.1) is 0 Å². The van der Waals surface area contributed by atoms with E-state index >= 15 is 0 Å². The van der Waals surface area contributed by atoms with Gasteiger partial charge >= 0.3 is 7.82 Å². The summed E-state index contributed by atoms with van der Waals surface area (Å²) in [5, 5.41) is 10.5. The van der Waals surface area contributed by atoms with E-state index in [4.69, 9.17) is 4.52 Å². The van der Waals surface area contributed by atoms with E-state index in [1.54, 1.807) is 0 Å². The zero-order valence-electron chi connectivity index (χ0n) is 9.86. The summed E-state index contributed by atoms with van der Waals surface area (Å²) in [6, 6.07) is 5.43. The van der Waals surface area contributed by atoms with Gasteiger partial charge in [-0.2, -0.15) is 0 Å². The molecule has 0 spiro atoms. The molecule has 0 bridgehead atoms. The predicted molar refractivity (Wildman–Crippen MR) is 64.8 cm³/mol. The van der Waals surface area contributed by atoms with Crippen LogP contribution in [0.3, 0.4) is 0 Å². The number of nitro benzene ring substituents is 1. The molecule has 8 heteroatoms. The van der Waals surface area contributed by atoms with Gasteiger partial charge in [0.15, 0.2) is 0 Å². The summed E-state index contributed by atoms with van der Waals surface area (Å²) in [5.41, 5.74) is 0.378. The summed E-state index contributed by atoms with van der Waals surface area (Å²) in [4.78, 5) is 9.95. The van der Waals surface area contributed by atoms with E-state index in [1.165, 1.54) is 38.5 Å². The third kappa shape index (κ3) is 3.40. The van der Waals surface area contributed by atoms with Gasteiger partial charge in [0.1, 0.15) is 5.76 Å². The standard InChI is InChI=1S/C10H12NO6P/c1-8(17-18(14,15-2)16-3)9-4-6-10(7-5-9)11(12)13/h4-7H,1H2,2-3H3. The number of benzene rings is 1. The molecule has 0 atom stereocenters. The second kappa shape index (κ2) is 5.77. The minimum Gasteiger partial charge on any atom is -0.404 e. The smallest absolute Gasteiger partial charge is 0.404 e. The lowest BCUT2D eigenvalue weighted by atomic mass is 10.2. The van der Waals surface area contributed by atoms with Crippen LogP contribution in [0.2, 0.25) is 0 Å². The Morgan fingerprint density at radius 3 is 2.17 bits per heavy atom. The zero-order chi connectivity index (χ0) is 13.8. The molecule has 0 unspecified atom stereocenters. The number of hydrogen-bond donors (Lipinski definition) is 0. The summed E-state index contributed by atoms with van der Waals surface area (Å²) in [6.45, 7) is 3.56. The number of phosphoric ester groups is 1. The molecule has 0 aliphatic carbocycles. The van der Waals surface area contributed by atoms with Crippen molar-refractivity contribution in [1.29, 1.82) is 0 Å². The Morgan fingerprint density at radius 2 is 1.78 bits per heavy atom. The Morgan fingerprint density at radius 1 is 1.28 bits per heavy atom. The topological polar surface area (TPSA) is 87.9 Å². The van der Waals surface area contributed by atoms with Crippen molar-refractivity contribution in [3.8, 4) is 0 Å². The quantitative estimate of drug-likeness (QED) is 0.342. The average molecular weight is 273 g/mol. The van der Waals surface area contributed by atoms with Crippen molar-refractivity contribution in [2.24, 2.45) is 0 Å². The van der Waals surface area contributed by atoms with Crippen LogP contribution < -0.4 is 0 Å². The summed E-state index contributed by atoms with van der Waals surface area (Å²) in [5.74, 6) is 0.0388. The van der Waals surface area contributed by atoms with E-state index in [-0.39, 0.29) is 11.4 Å². The first-order chi connectivity index (χ1) is 8.41. The second-order valence-electron chi connectivity index (χ2n) is 3.13. The van der Waals surface area contributed by atoms with Crippen LogP contribution in [-0.2, 0) is 18.1 Å². The van der Waals surface area contributed by atoms with Crippen molar-refractivity contribution in [2.75, 3.05) is 14.2 Å². The third-order valence-electron chi connectivity index (χ3n) is 2.07. The van der Waals surface area contributed by atoms with Crippen LogP contribution in [0.5, 0.6) is 0 Å². The maximum absolute atomic E-state index is 11.7. The molecule has 0 radical (unpaired) electrons. The van der Waals surface area contributed by atoms with Crippen molar-refractivity contribution in [1.82, 2.24) is 0 Å². The Bertz CT molecular complexity index is 490. The Labute approximate surface area is 104 Å². The normalized spacial score (nSPS) is 11.0. The number of phosphoric acid groups is 1. The number of nitrogens with zero attached hydrogens (tertiary/aromatic N) is 1. The summed E-state index contributed by atoms with van der Waals surface area (Å²) in [7, 11) is -1.32. The summed E-state index contributed by atoms with van der Waals surface area (Å²) < 4.78 is 25.8. The summed E-state index contributed by atoms with van der Waals surface area (Å²) in [6.07, 6.45) is 0. The van der Waals surface area contributed by atoms with Crippen LogP contribution >= 0.6 is 7.82 Å². The molecule has 0 heterocycles. The molecule has 0 aromatic heterocycles. The average Bonchev–Trinajstić information content (AvgIpc) is 2.38. The molecule has 0 aliphatic rings. The van der Waals surface area contributed by atoms with Crippen LogP contribution in [0.25, 0.3) is 5.76 Å². The highest BCUT2D eigenvalue weighted by molar-refractivity contribution is 7.48. The van der Waals surface area contributed by atoms with Crippen LogP contribution in [-0.4, -0.2) is 19.1 Å². The van der Waals surface area contributed by atoms with Crippen LogP contribution in [0.1, 0.15) is 5.56 Å². The van der Waals surface area contributed by atoms with Crippen molar-refractivity contribution >= 4 is 19.3 Å². The molecule has 0 saturated heterocycles. The monoisotopic (exact) mass is 273 g/mol. The highest BCUT2D eigenvalue weighted by Gasteiger charge is 2.25. The van der Waals surface area contributed by atoms with Gasteiger partial charge in [0.25, 0.3) is 5.69 Å². The fourth-order valence-electron chi connectivity index (χ4n) is 1.11. The zero-order valence-corrected chi connectivity index (χ0v) is 10.8. The van der Waals surface area contributed by atoms with Gasteiger partial charge in [0.05, 0.1) is 4.92 Å². The van der Waals surface area contributed by atoms with Gasteiger partial charge in [-0.05, 0) is 12.1 Å². The van der Waals surface area contributed by atoms with Crippen molar-refractivity contribution < 1.29 is 23.1 Å². The lowest BCUT2D eigenvalue weighted by molar-refractivity contribution is -0.384. The molecule has 0 saturated carbocycles. The first-order valence-corrected chi connectivity index (χ1v) is 6.23. The number of non-ortho nitro benzene ring substituents is 1. The SMILES string of the molecule is C=C(OP(=O)(OC)OC)c1ccc([N+](=O)[O-])cc1. The molecule has 7 nitrogen and oxygen atoms in total. The van der Waals surface area contributed by atoms with Crippen molar-refractivity contribution in [3.05, 3.63) is 46.5 Å². The number of rotatable bonds is 6. The fraction of sp³-hybridized carbons (Fsp3) is 0.200. The van der Waals surface area contributed by atoms with E-state index in [0.29, 0.717) is 5.56 Å². The fourth-order valence-corrected chi connectivity index (χ4v) is 1.78. The molecule has 1 aromatic carbocycles. The largest absolute Gasteiger partial charge is 0.529 e. The summed E-state index contributed by atoms with van der Waals surface area (Å²) >= 11 is 0. The molecule has 0 aliphatic heterocycles. The molecule has 1 rings (SSSR count). The maximum Gasteiger partial charge on any atom is 0.529 e. The van der Waals surface area contributed by atoms with E-state index in [0.717, 1.165) is 0 Å². The van der Waals surface area contributed by atoms with Gasteiger partial charge in [-0.1, -0.05) is 6.58 Å². The first-order valence-electron chi connectivity index (χ1n) is 4.76. The molecular formula is C10H12NO6P. The molecular weight excluding hydrogens is 261 g/mol. The molecule has 0 fully saturated rings. The molecule has 1 aromatic rings. The van der Waals surface area contributed by atoms with Gasteiger partial charge < -0.3 is 4.52 Å². The van der Waals surface area contributed by atoms with Crippen LogP contribution in [0.4, 0.5) is 5.69 Å².